The van der Waals surface area contributed by atoms with Crippen LogP contribution in [0.15, 0.2) is 16.5 Å². The van der Waals surface area contributed by atoms with E-state index in [1.54, 1.807) is 6.07 Å². The maximum absolute atomic E-state index is 10.6. The van der Waals surface area contributed by atoms with E-state index in [0.717, 1.165) is 31.3 Å². The molecule has 2 saturated heterocycles. The van der Waals surface area contributed by atoms with Crippen molar-refractivity contribution in [2.75, 3.05) is 25.0 Å². The molecule has 0 N–H and O–H groups in total. The van der Waals surface area contributed by atoms with Gasteiger partial charge in [-0.2, -0.15) is 0 Å². The highest BCUT2D eigenvalue weighted by molar-refractivity contribution is 5.71. The van der Waals surface area contributed by atoms with Crippen molar-refractivity contribution >= 4 is 12.2 Å². The Bertz CT molecular complexity index is 415. The number of likely N-dealkylation sites (N-methyl/N-ethyl adjacent to an activating group) is 1. The molecule has 2 aliphatic rings. The lowest BCUT2D eigenvalue weighted by Gasteiger charge is -2.25. The van der Waals surface area contributed by atoms with Crippen LogP contribution in [0.3, 0.4) is 0 Å². The van der Waals surface area contributed by atoms with Gasteiger partial charge in [-0.3, -0.25) is 9.69 Å². The van der Waals surface area contributed by atoms with Crippen molar-refractivity contribution in [3.8, 4) is 0 Å². The quantitative estimate of drug-likeness (QED) is 0.731. The largest absolute Gasteiger partial charge is 0.438 e. The molecule has 0 aromatic carbocycles. The molecule has 3 rings (SSSR count). The van der Waals surface area contributed by atoms with E-state index >= 15 is 0 Å². The minimum absolute atomic E-state index is 0.419. The van der Waals surface area contributed by atoms with Crippen LogP contribution in [0.25, 0.3) is 0 Å². The summed E-state index contributed by atoms with van der Waals surface area (Å²) in [5, 5.41) is 0. The van der Waals surface area contributed by atoms with Gasteiger partial charge in [-0.25, -0.2) is 0 Å². The van der Waals surface area contributed by atoms with Crippen molar-refractivity contribution in [1.82, 2.24) is 4.90 Å². The van der Waals surface area contributed by atoms with Gasteiger partial charge in [0.15, 0.2) is 17.9 Å². The minimum Gasteiger partial charge on any atom is -0.438 e. The second-order valence-electron chi connectivity index (χ2n) is 5.08. The monoisotopic (exact) mass is 234 g/mol. The van der Waals surface area contributed by atoms with E-state index in [2.05, 4.69) is 16.8 Å². The smallest absolute Gasteiger partial charge is 0.196 e. The standard InChI is InChI=1S/C13H18N2O2/c1-14-10-2-3-11(14)8-15(7-6-10)13-5-4-12(9-16)17-13/h4-5,9-11H,2-3,6-8H2,1H3. The number of nitrogens with zero attached hydrogens (tertiary/aromatic N) is 2. The Morgan fingerprint density at radius 1 is 1.29 bits per heavy atom. The van der Waals surface area contributed by atoms with Crippen LogP contribution in [0.5, 0.6) is 0 Å². The lowest BCUT2D eigenvalue weighted by molar-refractivity contribution is 0.110. The van der Waals surface area contributed by atoms with Gasteiger partial charge in [0.25, 0.3) is 0 Å². The average Bonchev–Trinajstić information content (AvgIpc) is 2.86. The van der Waals surface area contributed by atoms with Crippen LogP contribution in [-0.4, -0.2) is 43.4 Å². The number of fused-ring (bicyclic) bond motifs is 2. The van der Waals surface area contributed by atoms with Crippen molar-refractivity contribution in [3.63, 3.8) is 0 Å². The van der Waals surface area contributed by atoms with Crippen molar-refractivity contribution in [3.05, 3.63) is 17.9 Å². The number of anilines is 1. The third kappa shape index (κ3) is 1.86. The summed E-state index contributed by atoms with van der Waals surface area (Å²) in [6.07, 6.45) is 4.55. The van der Waals surface area contributed by atoms with E-state index in [-0.39, 0.29) is 0 Å². The molecule has 0 saturated carbocycles. The Morgan fingerprint density at radius 2 is 2.12 bits per heavy atom. The van der Waals surface area contributed by atoms with E-state index in [4.69, 9.17) is 4.42 Å². The van der Waals surface area contributed by atoms with Crippen molar-refractivity contribution in [1.29, 1.82) is 0 Å². The van der Waals surface area contributed by atoms with Gasteiger partial charge in [-0.05, 0) is 32.4 Å². The van der Waals surface area contributed by atoms with E-state index in [1.807, 2.05) is 6.07 Å². The molecule has 4 heteroatoms. The maximum Gasteiger partial charge on any atom is 0.196 e. The summed E-state index contributed by atoms with van der Waals surface area (Å²) >= 11 is 0. The second-order valence-corrected chi connectivity index (χ2v) is 5.08. The normalized spacial score (nSPS) is 29.4. The van der Waals surface area contributed by atoms with Crippen molar-refractivity contribution in [2.24, 2.45) is 0 Å². The first-order valence-corrected chi connectivity index (χ1v) is 6.30. The van der Waals surface area contributed by atoms with E-state index in [9.17, 15) is 4.79 Å². The third-order valence-corrected chi connectivity index (χ3v) is 4.19. The van der Waals surface area contributed by atoms with Crippen LogP contribution in [0, 0.1) is 0 Å². The van der Waals surface area contributed by atoms with Crippen LogP contribution in [0.2, 0.25) is 0 Å². The summed E-state index contributed by atoms with van der Waals surface area (Å²) in [7, 11) is 2.23. The summed E-state index contributed by atoms with van der Waals surface area (Å²) in [4.78, 5) is 15.4. The van der Waals surface area contributed by atoms with E-state index in [1.165, 1.54) is 19.3 Å². The highest BCUT2D eigenvalue weighted by atomic mass is 16.4. The van der Waals surface area contributed by atoms with Crippen molar-refractivity contribution in [2.45, 2.75) is 31.3 Å². The molecule has 2 aliphatic heterocycles. The summed E-state index contributed by atoms with van der Waals surface area (Å²) < 4.78 is 5.51. The number of furan rings is 1. The summed E-state index contributed by atoms with van der Waals surface area (Å²) in [6, 6.07) is 5.01. The Hall–Kier alpha value is -1.29. The molecule has 2 unspecified atom stereocenters. The van der Waals surface area contributed by atoms with E-state index < -0.39 is 0 Å². The molecule has 1 aromatic heterocycles. The van der Waals surface area contributed by atoms with Crippen molar-refractivity contribution < 1.29 is 9.21 Å². The van der Waals surface area contributed by atoms with Crippen LogP contribution in [0.4, 0.5) is 5.88 Å². The molecule has 1 aromatic rings. The van der Waals surface area contributed by atoms with Crippen LogP contribution in [-0.2, 0) is 0 Å². The van der Waals surface area contributed by atoms with Gasteiger partial charge in [-0.1, -0.05) is 0 Å². The molecule has 0 radical (unpaired) electrons. The lowest BCUT2D eigenvalue weighted by atomic mass is 10.1. The lowest BCUT2D eigenvalue weighted by Crippen LogP contribution is -2.36. The zero-order valence-electron chi connectivity index (χ0n) is 10.1. The Morgan fingerprint density at radius 3 is 2.88 bits per heavy atom. The summed E-state index contributed by atoms with van der Waals surface area (Å²) in [5.41, 5.74) is 0. The fourth-order valence-electron chi connectivity index (χ4n) is 3.08. The number of aldehydes is 1. The molecule has 17 heavy (non-hydrogen) atoms. The fraction of sp³-hybridized carbons (Fsp3) is 0.615. The predicted octanol–water partition coefficient (Wildman–Crippen LogP) is 1.76. The highest BCUT2D eigenvalue weighted by Crippen LogP contribution is 2.31. The SMILES string of the molecule is CN1C2CCC1CN(c1ccc(C=O)o1)CC2. The topological polar surface area (TPSA) is 36.7 Å². The number of carbonyl (C=O) groups is 1. The van der Waals surface area contributed by atoms with Gasteiger partial charge < -0.3 is 9.32 Å². The molecule has 2 atom stereocenters. The summed E-state index contributed by atoms with van der Waals surface area (Å²) in [5.74, 6) is 1.26. The first kappa shape index (κ1) is 10.8. The van der Waals surface area contributed by atoms with Gasteiger partial charge in [0.2, 0.25) is 0 Å². The van der Waals surface area contributed by atoms with E-state index in [0.29, 0.717) is 11.8 Å². The average molecular weight is 234 g/mol. The first-order valence-electron chi connectivity index (χ1n) is 6.30. The fourth-order valence-corrected chi connectivity index (χ4v) is 3.08. The molecule has 3 heterocycles. The van der Waals surface area contributed by atoms with Gasteiger partial charge in [0.05, 0.1) is 0 Å². The van der Waals surface area contributed by atoms with Crippen LogP contribution in [0.1, 0.15) is 29.8 Å². The van der Waals surface area contributed by atoms with Gasteiger partial charge in [0.1, 0.15) is 0 Å². The molecule has 2 fully saturated rings. The maximum atomic E-state index is 10.6. The Balaban J connectivity index is 1.78. The predicted molar refractivity (Wildman–Crippen MR) is 65.5 cm³/mol. The van der Waals surface area contributed by atoms with Gasteiger partial charge in [-0.15, -0.1) is 0 Å². The second kappa shape index (κ2) is 4.18. The zero-order chi connectivity index (χ0) is 11.8. The molecular formula is C13H18N2O2. The number of carbonyl (C=O) groups excluding carboxylic acids is 1. The molecule has 92 valence electrons. The first-order chi connectivity index (χ1) is 8.28. The zero-order valence-corrected chi connectivity index (χ0v) is 10.1. The van der Waals surface area contributed by atoms with Crippen LogP contribution < -0.4 is 4.90 Å². The Kier molecular flexibility index (Phi) is 2.67. The minimum atomic E-state index is 0.419. The molecule has 0 amide bonds. The molecule has 0 aliphatic carbocycles. The number of hydrogen-bond acceptors (Lipinski definition) is 4. The number of hydrogen-bond donors (Lipinski definition) is 0. The van der Waals surface area contributed by atoms with Gasteiger partial charge in [0, 0.05) is 31.2 Å². The van der Waals surface area contributed by atoms with Crippen LogP contribution >= 0.6 is 0 Å². The van der Waals surface area contributed by atoms with Gasteiger partial charge >= 0.3 is 0 Å². The molecule has 4 nitrogen and oxygen atoms in total. The third-order valence-electron chi connectivity index (χ3n) is 4.19. The highest BCUT2D eigenvalue weighted by Gasteiger charge is 2.35. The molecule has 0 spiro atoms. The number of rotatable bonds is 2. The molecule has 2 bridgehead atoms. The Labute approximate surface area is 101 Å². The summed E-state index contributed by atoms with van der Waals surface area (Å²) in [6.45, 7) is 2.04. The molecular weight excluding hydrogens is 216 g/mol.